The highest BCUT2D eigenvalue weighted by Gasteiger charge is 2.28. The zero-order valence-corrected chi connectivity index (χ0v) is 27.7. The lowest BCUT2D eigenvalue weighted by Gasteiger charge is -2.19. The summed E-state index contributed by atoms with van der Waals surface area (Å²) in [6.07, 6.45) is 2.05. The maximum atomic E-state index is 5.04. The Labute approximate surface area is 284 Å². The second-order valence-electron chi connectivity index (χ2n) is 12.6. The molecule has 2 nitrogen and oxygen atoms in total. The zero-order chi connectivity index (χ0) is 30.8. The van der Waals surface area contributed by atoms with Crippen molar-refractivity contribution in [3.8, 4) is 21.8 Å². The van der Waals surface area contributed by atoms with Crippen molar-refractivity contribution in [2.24, 2.45) is 0 Å². The molecule has 0 atom stereocenters. The molecular formula is C42H26N2S3. The van der Waals surface area contributed by atoms with E-state index in [0.717, 1.165) is 29.1 Å². The Balaban J connectivity index is 1.19. The van der Waals surface area contributed by atoms with Crippen molar-refractivity contribution in [3.63, 3.8) is 0 Å². The third kappa shape index (κ3) is 3.57. The predicted octanol–water partition coefficient (Wildman–Crippen LogP) is 12.4. The molecule has 10 aromatic rings. The summed E-state index contributed by atoms with van der Waals surface area (Å²) in [4.78, 5) is 2.38. The van der Waals surface area contributed by atoms with Crippen LogP contribution in [0.3, 0.4) is 0 Å². The van der Waals surface area contributed by atoms with Crippen LogP contribution in [0.1, 0.15) is 11.3 Å². The fraction of sp³-hybridized carbons (Fsp3) is 0.0476. The summed E-state index contributed by atoms with van der Waals surface area (Å²) in [5, 5.41) is 8.00. The van der Waals surface area contributed by atoms with E-state index in [0.29, 0.717) is 0 Å². The van der Waals surface area contributed by atoms with Gasteiger partial charge in [-0.1, -0.05) is 78.9 Å². The topological polar surface area (TPSA) is 9.86 Å². The highest BCUT2D eigenvalue weighted by Crippen LogP contribution is 2.49. The number of rotatable bonds is 2. The highest BCUT2D eigenvalue weighted by atomic mass is 32.1. The standard InChI is InChI=1S/C42H26N2S3/c45-26-22-24(43-33-13-5-1-11-31(33)39-35(43)19-17-29-27-9-3-7-15-37(27)46-41(29)39)21-25(23-26)44-34-14-6-2-12-32(34)40-36(44)20-18-30-28-10-4-8-16-38(28)47-42(30)40/h1-17,19,21-23,45H,18,20H2. The monoisotopic (exact) mass is 654 g/mol. The number of hydrogen-bond acceptors (Lipinski definition) is 3. The van der Waals surface area contributed by atoms with Gasteiger partial charge in [-0.25, -0.2) is 0 Å². The largest absolute Gasteiger partial charge is 0.313 e. The Kier molecular flexibility index (Phi) is 5.38. The summed E-state index contributed by atoms with van der Waals surface area (Å²) in [6.45, 7) is 0. The second kappa shape index (κ2) is 9.61. The first kappa shape index (κ1) is 26.3. The van der Waals surface area contributed by atoms with E-state index in [9.17, 15) is 0 Å². The van der Waals surface area contributed by atoms with Gasteiger partial charge in [-0.15, -0.1) is 35.3 Å². The van der Waals surface area contributed by atoms with E-state index < -0.39 is 0 Å². The van der Waals surface area contributed by atoms with Crippen LogP contribution in [0, 0.1) is 0 Å². The van der Waals surface area contributed by atoms with Crippen molar-refractivity contribution < 1.29 is 0 Å². The fourth-order valence-corrected chi connectivity index (χ4v) is 11.1. The minimum atomic E-state index is 0.955. The molecule has 0 aliphatic heterocycles. The molecule has 6 aromatic carbocycles. The summed E-state index contributed by atoms with van der Waals surface area (Å²) >= 11 is 8.89. The van der Waals surface area contributed by atoms with E-state index >= 15 is 0 Å². The molecular weight excluding hydrogens is 629 g/mol. The van der Waals surface area contributed by atoms with Crippen molar-refractivity contribution in [2.75, 3.05) is 0 Å². The van der Waals surface area contributed by atoms with E-state index in [-0.39, 0.29) is 0 Å². The van der Waals surface area contributed by atoms with Crippen LogP contribution in [0.25, 0.3) is 84.8 Å². The highest BCUT2D eigenvalue weighted by molar-refractivity contribution is 7.80. The summed E-state index contributed by atoms with van der Waals surface area (Å²) in [7, 11) is 0. The first-order valence-electron chi connectivity index (χ1n) is 16.0. The number of benzene rings is 6. The quantitative estimate of drug-likeness (QED) is 0.178. The molecule has 0 spiro atoms. The normalized spacial score (nSPS) is 13.0. The van der Waals surface area contributed by atoms with Gasteiger partial charge in [0, 0.05) is 73.4 Å². The van der Waals surface area contributed by atoms with Crippen LogP contribution in [0.4, 0.5) is 0 Å². The van der Waals surface area contributed by atoms with Crippen LogP contribution in [0.15, 0.2) is 132 Å². The van der Waals surface area contributed by atoms with Gasteiger partial charge in [0.15, 0.2) is 0 Å². The van der Waals surface area contributed by atoms with E-state index in [4.69, 9.17) is 12.6 Å². The number of aryl methyl sites for hydroxylation is 1. The van der Waals surface area contributed by atoms with Gasteiger partial charge in [0.1, 0.15) is 0 Å². The van der Waals surface area contributed by atoms with E-state index in [1.165, 1.54) is 84.7 Å². The molecule has 1 aliphatic carbocycles. The van der Waals surface area contributed by atoms with Gasteiger partial charge in [-0.05, 0) is 72.3 Å². The summed E-state index contributed by atoms with van der Waals surface area (Å²) in [6, 6.07) is 46.9. The average molecular weight is 655 g/mol. The molecule has 0 radical (unpaired) electrons. The van der Waals surface area contributed by atoms with Gasteiger partial charge in [0.05, 0.1) is 16.6 Å². The molecule has 1 aliphatic rings. The van der Waals surface area contributed by atoms with Crippen LogP contribution in [0.2, 0.25) is 0 Å². The number of fused-ring (bicyclic) bond motifs is 14. The molecule has 5 heteroatoms. The fourth-order valence-electron chi connectivity index (χ4n) is 8.22. The molecule has 0 unspecified atom stereocenters. The molecule has 222 valence electrons. The summed E-state index contributed by atoms with van der Waals surface area (Å²) < 4.78 is 9.02. The predicted molar refractivity (Wildman–Crippen MR) is 206 cm³/mol. The molecule has 4 aromatic heterocycles. The first-order chi connectivity index (χ1) is 23.2. The van der Waals surface area contributed by atoms with E-state index in [1.807, 2.05) is 22.7 Å². The Morgan fingerprint density at radius 3 is 1.96 bits per heavy atom. The second-order valence-corrected chi connectivity index (χ2v) is 15.2. The van der Waals surface area contributed by atoms with Gasteiger partial charge in [0.25, 0.3) is 0 Å². The Hall–Kier alpha value is -4.81. The number of hydrogen-bond donors (Lipinski definition) is 1. The van der Waals surface area contributed by atoms with Gasteiger partial charge in [-0.2, -0.15) is 0 Å². The SMILES string of the molecule is Sc1cc(-n2c3c(c4ccccc42)-c2sc4ccccc4c2CC3)cc(-n2c3ccccc3c3c4sc5ccccc5c4ccc32)c1. The van der Waals surface area contributed by atoms with E-state index in [2.05, 4.69) is 137 Å². The number of aromatic nitrogens is 2. The number of thiol groups is 1. The van der Waals surface area contributed by atoms with Crippen LogP contribution < -0.4 is 0 Å². The molecule has 0 N–H and O–H groups in total. The van der Waals surface area contributed by atoms with Crippen LogP contribution in [-0.2, 0) is 12.8 Å². The molecule has 47 heavy (non-hydrogen) atoms. The van der Waals surface area contributed by atoms with Crippen LogP contribution >= 0.6 is 35.3 Å². The average Bonchev–Trinajstić information content (AvgIpc) is 3.85. The van der Waals surface area contributed by atoms with Crippen molar-refractivity contribution in [3.05, 3.63) is 139 Å². The molecule has 0 fully saturated rings. The molecule has 0 saturated carbocycles. The summed E-state index contributed by atoms with van der Waals surface area (Å²) in [5.41, 5.74) is 10.3. The zero-order valence-electron chi connectivity index (χ0n) is 25.2. The molecule has 0 bridgehead atoms. The van der Waals surface area contributed by atoms with Gasteiger partial charge < -0.3 is 9.13 Å². The Morgan fingerprint density at radius 1 is 0.511 bits per heavy atom. The lowest BCUT2D eigenvalue weighted by atomic mass is 9.93. The Bertz CT molecular complexity index is 2930. The number of thiophene rings is 2. The molecule has 11 rings (SSSR count). The molecule has 0 amide bonds. The first-order valence-corrected chi connectivity index (χ1v) is 18.1. The van der Waals surface area contributed by atoms with Crippen molar-refractivity contribution >= 4 is 98.3 Å². The maximum absolute atomic E-state index is 5.04. The van der Waals surface area contributed by atoms with Gasteiger partial charge in [-0.3, -0.25) is 0 Å². The maximum Gasteiger partial charge on any atom is 0.0555 e. The molecule has 0 saturated heterocycles. The Morgan fingerprint density at radius 2 is 1.15 bits per heavy atom. The van der Waals surface area contributed by atoms with Crippen LogP contribution in [0.5, 0.6) is 0 Å². The van der Waals surface area contributed by atoms with Crippen molar-refractivity contribution in [1.29, 1.82) is 0 Å². The minimum absolute atomic E-state index is 0.955. The third-order valence-corrected chi connectivity index (χ3v) is 12.8. The summed E-state index contributed by atoms with van der Waals surface area (Å²) in [5.74, 6) is 0. The van der Waals surface area contributed by atoms with Gasteiger partial charge in [0.2, 0.25) is 0 Å². The van der Waals surface area contributed by atoms with Gasteiger partial charge >= 0.3 is 0 Å². The molecule has 4 heterocycles. The van der Waals surface area contributed by atoms with Crippen molar-refractivity contribution in [2.45, 2.75) is 17.7 Å². The third-order valence-electron chi connectivity index (χ3n) is 10.1. The number of para-hydroxylation sites is 2. The minimum Gasteiger partial charge on any atom is -0.313 e. The van der Waals surface area contributed by atoms with Crippen LogP contribution in [-0.4, -0.2) is 9.13 Å². The lowest BCUT2D eigenvalue weighted by Crippen LogP contribution is -2.07. The lowest BCUT2D eigenvalue weighted by molar-refractivity contribution is 0.872. The van der Waals surface area contributed by atoms with Crippen molar-refractivity contribution in [1.82, 2.24) is 9.13 Å². The smallest absolute Gasteiger partial charge is 0.0555 e. The number of nitrogens with zero attached hydrogens (tertiary/aromatic N) is 2. The van der Waals surface area contributed by atoms with E-state index in [1.54, 1.807) is 0 Å².